The van der Waals surface area contributed by atoms with Gasteiger partial charge in [-0.25, -0.2) is 0 Å². The monoisotopic (exact) mass is 183 g/mol. The van der Waals surface area contributed by atoms with Crippen LogP contribution in [0.3, 0.4) is 0 Å². The van der Waals surface area contributed by atoms with Crippen LogP contribution >= 0.6 is 0 Å². The zero-order chi connectivity index (χ0) is 9.84. The summed E-state index contributed by atoms with van der Waals surface area (Å²) < 4.78 is 4.97. The molecule has 74 valence electrons. The van der Waals surface area contributed by atoms with Gasteiger partial charge in [0, 0.05) is 6.42 Å². The molecule has 1 heterocycles. The second kappa shape index (κ2) is 4.37. The molecule has 1 rings (SSSR count). The fraction of sp³-hybridized carbons (Fsp3) is 0.778. The number of nitrogens with zero attached hydrogens (tertiary/aromatic N) is 2. The first-order chi connectivity index (χ1) is 6.09. The van der Waals surface area contributed by atoms with Gasteiger partial charge in [-0.05, 0) is 19.3 Å². The van der Waals surface area contributed by atoms with E-state index < -0.39 is 0 Å². The van der Waals surface area contributed by atoms with E-state index >= 15 is 0 Å². The summed E-state index contributed by atoms with van der Waals surface area (Å²) in [5.41, 5.74) is 5.59. The number of hydrogen-bond acceptors (Lipinski definition) is 4. The minimum atomic E-state index is -0.166. The lowest BCUT2D eigenvalue weighted by Crippen LogP contribution is -2.05. The molecule has 0 spiro atoms. The van der Waals surface area contributed by atoms with E-state index in [4.69, 9.17) is 10.3 Å². The van der Waals surface area contributed by atoms with Crippen LogP contribution in [0, 0.1) is 5.92 Å². The van der Waals surface area contributed by atoms with Crippen molar-refractivity contribution in [1.29, 1.82) is 0 Å². The Morgan fingerprint density at radius 2 is 2.08 bits per heavy atom. The molecule has 1 aromatic heterocycles. The molecule has 1 atom stereocenters. The van der Waals surface area contributed by atoms with Gasteiger partial charge in [-0.2, -0.15) is 4.98 Å². The molecule has 0 saturated carbocycles. The van der Waals surface area contributed by atoms with Crippen molar-refractivity contribution in [2.45, 2.75) is 39.7 Å². The van der Waals surface area contributed by atoms with Gasteiger partial charge in [-0.3, -0.25) is 0 Å². The molecule has 0 amide bonds. The summed E-state index contributed by atoms with van der Waals surface area (Å²) in [6, 6.07) is -0.166. The van der Waals surface area contributed by atoms with Gasteiger partial charge in [-0.15, -0.1) is 0 Å². The molecular formula is C9H17N3O. The molecule has 4 heteroatoms. The maximum Gasteiger partial charge on any atom is 0.243 e. The van der Waals surface area contributed by atoms with E-state index in [1.54, 1.807) is 0 Å². The SMILES string of the molecule is CC(C)CCc1noc(C(C)N)n1. The predicted octanol–water partition coefficient (Wildman–Crippen LogP) is 1.68. The molecular weight excluding hydrogens is 166 g/mol. The molecule has 1 aromatic rings. The number of hydrogen-bond donors (Lipinski definition) is 1. The number of aromatic nitrogens is 2. The molecule has 2 N–H and O–H groups in total. The third kappa shape index (κ3) is 3.14. The van der Waals surface area contributed by atoms with Crippen molar-refractivity contribution in [1.82, 2.24) is 10.1 Å². The number of rotatable bonds is 4. The van der Waals surface area contributed by atoms with Gasteiger partial charge in [0.05, 0.1) is 6.04 Å². The first kappa shape index (κ1) is 10.2. The van der Waals surface area contributed by atoms with Gasteiger partial charge in [0.25, 0.3) is 0 Å². The standard InChI is InChI=1S/C9H17N3O/c1-6(2)4-5-8-11-9(7(3)10)13-12-8/h6-7H,4-5,10H2,1-3H3. The molecule has 0 saturated heterocycles. The highest BCUT2D eigenvalue weighted by Gasteiger charge is 2.09. The van der Waals surface area contributed by atoms with Crippen molar-refractivity contribution < 1.29 is 4.52 Å². The normalized spacial score (nSPS) is 13.6. The van der Waals surface area contributed by atoms with Crippen LogP contribution in [-0.4, -0.2) is 10.1 Å². The summed E-state index contributed by atoms with van der Waals surface area (Å²) in [5.74, 6) is 1.96. The van der Waals surface area contributed by atoms with E-state index in [-0.39, 0.29) is 6.04 Å². The van der Waals surface area contributed by atoms with Gasteiger partial charge >= 0.3 is 0 Å². The van der Waals surface area contributed by atoms with E-state index in [0.717, 1.165) is 18.7 Å². The van der Waals surface area contributed by atoms with Crippen LogP contribution in [0.4, 0.5) is 0 Å². The van der Waals surface area contributed by atoms with E-state index in [9.17, 15) is 0 Å². The van der Waals surface area contributed by atoms with E-state index in [0.29, 0.717) is 11.8 Å². The molecule has 0 aliphatic heterocycles. The first-order valence-corrected chi connectivity index (χ1v) is 4.67. The Hall–Kier alpha value is -0.900. The molecule has 0 aromatic carbocycles. The smallest absolute Gasteiger partial charge is 0.243 e. The van der Waals surface area contributed by atoms with Gasteiger partial charge in [-0.1, -0.05) is 19.0 Å². The zero-order valence-corrected chi connectivity index (χ0v) is 8.45. The fourth-order valence-corrected chi connectivity index (χ4v) is 0.972. The first-order valence-electron chi connectivity index (χ1n) is 4.67. The molecule has 4 nitrogen and oxygen atoms in total. The minimum absolute atomic E-state index is 0.166. The van der Waals surface area contributed by atoms with Crippen molar-refractivity contribution in [3.8, 4) is 0 Å². The minimum Gasteiger partial charge on any atom is -0.338 e. The van der Waals surface area contributed by atoms with E-state index in [1.807, 2.05) is 6.92 Å². The Balaban J connectivity index is 2.49. The average Bonchev–Trinajstić information content (AvgIpc) is 2.48. The lowest BCUT2D eigenvalue weighted by molar-refractivity contribution is 0.356. The van der Waals surface area contributed by atoms with Crippen LogP contribution in [-0.2, 0) is 6.42 Å². The maximum absolute atomic E-state index is 5.59. The Labute approximate surface area is 78.5 Å². The highest BCUT2D eigenvalue weighted by molar-refractivity contribution is 4.90. The number of nitrogens with two attached hydrogens (primary N) is 1. The molecule has 0 radical (unpaired) electrons. The molecule has 0 aliphatic rings. The lowest BCUT2D eigenvalue weighted by Gasteiger charge is -1.98. The van der Waals surface area contributed by atoms with Crippen molar-refractivity contribution in [2.75, 3.05) is 0 Å². The van der Waals surface area contributed by atoms with E-state index in [2.05, 4.69) is 24.0 Å². The van der Waals surface area contributed by atoms with Crippen molar-refractivity contribution in [3.63, 3.8) is 0 Å². The predicted molar refractivity (Wildman–Crippen MR) is 50.1 cm³/mol. The second-order valence-electron chi connectivity index (χ2n) is 3.77. The fourth-order valence-electron chi connectivity index (χ4n) is 0.972. The summed E-state index contributed by atoms with van der Waals surface area (Å²) in [5, 5.41) is 3.84. The molecule has 0 bridgehead atoms. The summed E-state index contributed by atoms with van der Waals surface area (Å²) in [7, 11) is 0. The summed E-state index contributed by atoms with van der Waals surface area (Å²) in [6.45, 7) is 6.18. The largest absolute Gasteiger partial charge is 0.338 e. The second-order valence-corrected chi connectivity index (χ2v) is 3.77. The van der Waals surface area contributed by atoms with Gasteiger partial charge in [0.15, 0.2) is 5.82 Å². The maximum atomic E-state index is 5.59. The Morgan fingerprint density at radius 1 is 1.38 bits per heavy atom. The highest BCUT2D eigenvalue weighted by Crippen LogP contribution is 2.09. The van der Waals surface area contributed by atoms with Crippen LogP contribution in [0.15, 0.2) is 4.52 Å². The summed E-state index contributed by atoms with van der Waals surface area (Å²) in [6.07, 6.45) is 1.95. The van der Waals surface area contributed by atoms with Crippen LogP contribution in [0.2, 0.25) is 0 Å². The zero-order valence-electron chi connectivity index (χ0n) is 8.45. The Kier molecular flexibility index (Phi) is 3.42. The van der Waals surface area contributed by atoms with Crippen molar-refractivity contribution in [2.24, 2.45) is 11.7 Å². The third-order valence-corrected chi connectivity index (χ3v) is 1.82. The van der Waals surface area contributed by atoms with Crippen LogP contribution in [0.25, 0.3) is 0 Å². The number of aryl methyl sites for hydroxylation is 1. The Morgan fingerprint density at radius 3 is 2.54 bits per heavy atom. The molecule has 0 fully saturated rings. The van der Waals surface area contributed by atoms with Gasteiger partial charge in [0.2, 0.25) is 5.89 Å². The topological polar surface area (TPSA) is 64.9 Å². The quantitative estimate of drug-likeness (QED) is 0.771. The molecule has 1 unspecified atom stereocenters. The highest BCUT2D eigenvalue weighted by atomic mass is 16.5. The molecule has 0 aliphatic carbocycles. The lowest BCUT2D eigenvalue weighted by atomic mass is 10.1. The van der Waals surface area contributed by atoms with Gasteiger partial charge < -0.3 is 10.3 Å². The van der Waals surface area contributed by atoms with Crippen molar-refractivity contribution >= 4 is 0 Å². The third-order valence-electron chi connectivity index (χ3n) is 1.82. The molecule has 13 heavy (non-hydrogen) atoms. The van der Waals surface area contributed by atoms with Crippen LogP contribution < -0.4 is 5.73 Å². The van der Waals surface area contributed by atoms with Crippen LogP contribution in [0.1, 0.15) is 44.9 Å². The van der Waals surface area contributed by atoms with Crippen molar-refractivity contribution in [3.05, 3.63) is 11.7 Å². The summed E-state index contributed by atoms with van der Waals surface area (Å²) in [4.78, 5) is 4.18. The van der Waals surface area contributed by atoms with Gasteiger partial charge in [0.1, 0.15) is 0 Å². The summed E-state index contributed by atoms with van der Waals surface area (Å²) >= 11 is 0. The van der Waals surface area contributed by atoms with Crippen LogP contribution in [0.5, 0.6) is 0 Å². The van der Waals surface area contributed by atoms with E-state index in [1.165, 1.54) is 0 Å². The average molecular weight is 183 g/mol. The Bertz CT molecular complexity index is 255.